The predicted molar refractivity (Wildman–Crippen MR) is 83.3 cm³/mol. The third-order valence-corrected chi connectivity index (χ3v) is 3.85. The van der Waals surface area contributed by atoms with Crippen molar-refractivity contribution in [2.24, 2.45) is 7.05 Å². The molecule has 0 saturated carbocycles. The van der Waals surface area contributed by atoms with Crippen LogP contribution in [0.2, 0.25) is 0 Å². The number of ether oxygens (including phenoxy) is 1. The van der Waals surface area contributed by atoms with E-state index in [9.17, 15) is 9.59 Å². The molecule has 8 nitrogen and oxygen atoms in total. The van der Waals surface area contributed by atoms with Crippen molar-refractivity contribution in [3.63, 3.8) is 0 Å². The summed E-state index contributed by atoms with van der Waals surface area (Å²) in [5, 5.41) is 10.2. The average molecular weight is 323 g/mol. The molecule has 0 fully saturated rings. The second-order valence-corrected chi connectivity index (χ2v) is 5.41. The first-order valence-corrected chi connectivity index (χ1v) is 7.31. The number of aryl methyl sites for hydroxylation is 3. The Morgan fingerprint density at radius 1 is 1.41 bits per heavy atom. The lowest BCUT2D eigenvalue weighted by atomic mass is 10.2. The Morgan fingerprint density at radius 3 is 2.73 bits per heavy atom. The van der Waals surface area contributed by atoms with Crippen LogP contribution in [0.25, 0.3) is 0 Å². The van der Waals surface area contributed by atoms with Crippen molar-refractivity contribution in [3.8, 4) is 0 Å². The fraction of sp³-hybridized carbons (Fsp3) is 0.385. The van der Waals surface area contributed by atoms with Crippen LogP contribution in [-0.4, -0.2) is 39.7 Å². The quantitative estimate of drug-likeness (QED) is 0.806. The largest absolute Gasteiger partial charge is 0.452 e. The molecule has 2 heterocycles. The SMILES string of the molecule is CNc1snc(C)c1C(=O)OCC(=O)Nc1cc(C)nn1C. The molecule has 0 saturated heterocycles. The average Bonchev–Trinajstić information content (AvgIpc) is 2.98. The van der Waals surface area contributed by atoms with Crippen molar-refractivity contribution in [2.75, 3.05) is 24.3 Å². The van der Waals surface area contributed by atoms with Gasteiger partial charge in [0.1, 0.15) is 16.4 Å². The number of nitrogens with one attached hydrogen (secondary N) is 2. The van der Waals surface area contributed by atoms with E-state index in [0.717, 1.165) is 5.69 Å². The second-order valence-electron chi connectivity index (χ2n) is 4.64. The Balaban J connectivity index is 1.95. The molecule has 0 spiro atoms. The van der Waals surface area contributed by atoms with E-state index in [1.54, 1.807) is 31.8 Å². The molecule has 22 heavy (non-hydrogen) atoms. The molecular formula is C13H17N5O3S. The second kappa shape index (κ2) is 6.56. The maximum absolute atomic E-state index is 12.0. The molecule has 0 aliphatic heterocycles. The first-order valence-electron chi connectivity index (χ1n) is 6.54. The highest BCUT2D eigenvalue weighted by Gasteiger charge is 2.20. The van der Waals surface area contributed by atoms with E-state index in [2.05, 4.69) is 20.1 Å². The van der Waals surface area contributed by atoms with E-state index in [0.29, 0.717) is 22.1 Å². The Kier molecular flexibility index (Phi) is 4.76. The molecule has 9 heteroatoms. The third kappa shape index (κ3) is 3.42. The molecule has 0 radical (unpaired) electrons. The van der Waals surface area contributed by atoms with Gasteiger partial charge in [0.2, 0.25) is 0 Å². The van der Waals surface area contributed by atoms with Gasteiger partial charge in [0, 0.05) is 20.2 Å². The van der Waals surface area contributed by atoms with Crippen LogP contribution >= 0.6 is 11.5 Å². The minimum Gasteiger partial charge on any atom is -0.452 e. The van der Waals surface area contributed by atoms with Gasteiger partial charge in [-0.05, 0) is 25.4 Å². The van der Waals surface area contributed by atoms with Gasteiger partial charge >= 0.3 is 5.97 Å². The molecule has 2 aromatic heterocycles. The van der Waals surface area contributed by atoms with E-state index in [1.807, 2.05) is 6.92 Å². The van der Waals surface area contributed by atoms with Crippen LogP contribution in [0.15, 0.2) is 6.07 Å². The Hall–Kier alpha value is -2.42. The number of rotatable bonds is 5. The molecule has 0 aliphatic rings. The lowest BCUT2D eigenvalue weighted by molar-refractivity contribution is -0.119. The molecule has 0 aromatic carbocycles. The number of aromatic nitrogens is 3. The molecule has 2 aromatic rings. The maximum Gasteiger partial charge on any atom is 0.343 e. The van der Waals surface area contributed by atoms with Gasteiger partial charge in [-0.15, -0.1) is 0 Å². The van der Waals surface area contributed by atoms with E-state index in [1.165, 1.54) is 11.5 Å². The smallest absolute Gasteiger partial charge is 0.343 e. The number of anilines is 2. The van der Waals surface area contributed by atoms with Gasteiger partial charge in [0.15, 0.2) is 6.61 Å². The minimum atomic E-state index is -0.577. The Labute approximate surface area is 131 Å². The zero-order valence-electron chi connectivity index (χ0n) is 12.8. The van der Waals surface area contributed by atoms with Crippen molar-refractivity contribution in [1.82, 2.24) is 14.2 Å². The standard InChI is InChI=1S/C13H17N5O3S/c1-7-5-9(18(4)16-7)15-10(19)6-21-13(20)11-8(2)17-22-12(11)14-3/h5,14H,6H2,1-4H3,(H,15,19). The highest BCUT2D eigenvalue weighted by molar-refractivity contribution is 7.10. The summed E-state index contributed by atoms with van der Waals surface area (Å²) in [6.07, 6.45) is 0. The van der Waals surface area contributed by atoms with Gasteiger partial charge in [-0.1, -0.05) is 0 Å². The molecule has 0 aliphatic carbocycles. The van der Waals surface area contributed by atoms with E-state index in [-0.39, 0.29) is 6.61 Å². The molecular weight excluding hydrogens is 306 g/mol. The van der Waals surface area contributed by atoms with Gasteiger partial charge in [0.25, 0.3) is 5.91 Å². The fourth-order valence-corrected chi connectivity index (χ4v) is 2.62. The monoisotopic (exact) mass is 323 g/mol. The summed E-state index contributed by atoms with van der Waals surface area (Å²) >= 11 is 1.17. The normalized spacial score (nSPS) is 10.4. The topological polar surface area (TPSA) is 98.1 Å². The van der Waals surface area contributed by atoms with Crippen molar-refractivity contribution in [2.45, 2.75) is 13.8 Å². The number of carbonyl (C=O) groups is 2. The number of esters is 1. The van der Waals surface area contributed by atoms with Gasteiger partial charge in [-0.3, -0.25) is 9.48 Å². The molecule has 1 amide bonds. The third-order valence-electron chi connectivity index (χ3n) is 2.90. The van der Waals surface area contributed by atoms with Gasteiger partial charge in [0.05, 0.1) is 11.4 Å². The number of amides is 1. The molecule has 118 valence electrons. The van der Waals surface area contributed by atoms with E-state index >= 15 is 0 Å². The van der Waals surface area contributed by atoms with Gasteiger partial charge in [-0.2, -0.15) is 9.47 Å². The van der Waals surface area contributed by atoms with Crippen LogP contribution in [0.4, 0.5) is 10.8 Å². The summed E-state index contributed by atoms with van der Waals surface area (Å²) in [5.74, 6) is -0.460. The van der Waals surface area contributed by atoms with Crippen molar-refractivity contribution >= 4 is 34.2 Å². The Bertz CT molecular complexity index is 707. The summed E-state index contributed by atoms with van der Waals surface area (Å²) in [6.45, 7) is 3.16. The Morgan fingerprint density at radius 2 is 2.14 bits per heavy atom. The molecule has 2 N–H and O–H groups in total. The van der Waals surface area contributed by atoms with Crippen molar-refractivity contribution < 1.29 is 14.3 Å². The van der Waals surface area contributed by atoms with Crippen LogP contribution in [0.5, 0.6) is 0 Å². The first-order chi connectivity index (χ1) is 10.4. The summed E-state index contributed by atoms with van der Waals surface area (Å²) in [5.41, 5.74) is 1.71. The first kappa shape index (κ1) is 16.0. The van der Waals surface area contributed by atoms with Crippen LogP contribution in [-0.2, 0) is 16.6 Å². The van der Waals surface area contributed by atoms with Crippen LogP contribution in [0.3, 0.4) is 0 Å². The van der Waals surface area contributed by atoms with Gasteiger partial charge in [-0.25, -0.2) is 4.79 Å². The van der Waals surface area contributed by atoms with Crippen LogP contribution in [0.1, 0.15) is 21.7 Å². The molecule has 0 atom stereocenters. The molecule has 2 rings (SSSR count). The zero-order chi connectivity index (χ0) is 16.3. The number of hydrogen-bond acceptors (Lipinski definition) is 7. The molecule has 0 bridgehead atoms. The van der Waals surface area contributed by atoms with E-state index < -0.39 is 11.9 Å². The highest BCUT2D eigenvalue weighted by atomic mass is 32.1. The summed E-state index contributed by atoms with van der Waals surface area (Å²) in [4.78, 5) is 23.9. The number of hydrogen-bond donors (Lipinski definition) is 2. The summed E-state index contributed by atoms with van der Waals surface area (Å²) in [7, 11) is 3.41. The van der Waals surface area contributed by atoms with Crippen LogP contribution in [0, 0.1) is 13.8 Å². The number of nitrogens with zero attached hydrogens (tertiary/aromatic N) is 3. The van der Waals surface area contributed by atoms with Gasteiger partial charge < -0.3 is 15.4 Å². The summed E-state index contributed by atoms with van der Waals surface area (Å²) < 4.78 is 10.7. The fourth-order valence-electron chi connectivity index (χ4n) is 1.89. The number of carbonyl (C=O) groups excluding carboxylic acids is 2. The maximum atomic E-state index is 12.0. The lowest BCUT2D eigenvalue weighted by Gasteiger charge is -2.07. The van der Waals surface area contributed by atoms with Crippen LogP contribution < -0.4 is 10.6 Å². The lowest BCUT2D eigenvalue weighted by Crippen LogP contribution is -2.22. The van der Waals surface area contributed by atoms with Crippen molar-refractivity contribution in [3.05, 3.63) is 23.0 Å². The predicted octanol–water partition coefficient (Wildman–Crippen LogP) is 1.33. The van der Waals surface area contributed by atoms with E-state index in [4.69, 9.17) is 4.74 Å². The minimum absolute atomic E-state index is 0.358. The zero-order valence-corrected chi connectivity index (χ0v) is 13.6. The highest BCUT2D eigenvalue weighted by Crippen LogP contribution is 2.24. The summed E-state index contributed by atoms with van der Waals surface area (Å²) in [6, 6.07) is 1.73. The molecule has 0 unspecified atom stereocenters. The van der Waals surface area contributed by atoms with Crippen molar-refractivity contribution in [1.29, 1.82) is 0 Å².